The van der Waals surface area contributed by atoms with E-state index in [1.54, 1.807) is 6.07 Å². The lowest BCUT2D eigenvalue weighted by atomic mass is 10.1. The van der Waals surface area contributed by atoms with Gasteiger partial charge in [-0.05, 0) is 29.3 Å². The maximum atomic E-state index is 13.0. The molecule has 0 amide bonds. The lowest BCUT2D eigenvalue weighted by Gasteiger charge is -2.09. The summed E-state index contributed by atoms with van der Waals surface area (Å²) in [4.78, 5) is 0. The minimum absolute atomic E-state index is 0.197. The normalized spacial score (nSPS) is 11.7. The monoisotopic (exact) mass is 301 g/mol. The average Bonchev–Trinajstić information content (AvgIpc) is 2.42. The molecule has 1 nitrogen and oxygen atoms in total. The Morgan fingerprint density at radius 1 is 0.810 bits per heavy atom. The van der Waals surface area contributed by atoms with E-state index in [2.05, 4.69) is 5.32 Å². The fraction of sp³-hybridized carbons (Fsp3) is 0.200. The van der Waals surface area contributed by atoms with Crippen LogP contribution >= 0.6 is 0 Å². The van der Waals surface area contributed by atoms with Gasteiger partial charge in [0.2, 0.25) is 0 Å². The van der Waals surface area contributed by atoms with Crippen molar-refractivity contribution in [1.29, 1.82) is 0 Å². The lowest BCUT2D eigenvalue weighted by Crippen LogP contribution is -2.14. The van der Waals surface area contributed by atoms with Gasteiger partial charge in [0.15, 0.2) is 11.6 Å². The van der Waals surface area contributed by atoms with Gasteiger partial charge < -0.3 is 5.32 Å². The highest BCUT2D eigenvalue weighted by Crippen LogP contribution is 2.29. The number of benzene rings is 2. The molecule has 0 bridgehead atoms. The van der Waals surface area contributed by atoms with Crippen molar-refractivity contribution in [3.05, 3.63) is 70.8 Å². The Kier molecular flexibility index (Phi) is 4.57. The zero-order valence-corrected chi connectivity index (χ0v) is 10.8. The highest BCUT2D eigenvalue weighted by Gasteiger charge is 2.30. The van der Waals surface area contributed by atoms with Crippen molar-refractivity contribution in [3.63, 3.8) is 0 Å². The van der Waals surface area contributed by atoms with Gasteiger partial charge in [-0.2, -0.15) is 13.2 Å². The number of halogens is 5. The first kappa shape index (κ1) is 15.4. The minimum atomic E-state index is -4.38. The van der Waals surface area contributed by atoms with Crippen molar-refractivity contribution >= 4 is 0 Å². The summed E-state index contributed by atoms with van der Waals surface area (Å²) in [5, 5.41) is 2.89. The van der Waals surface area contributed by atoms with E-state index in [1.807, 2.05) is 0 Å². The predicted octanol–water partition coefficient (Wildman–Crippen LogP) is 4.27. The van der Waals surface area contributed by atoms with Crippen molar-refractivity contribution in [3.8, 4) is 0 Å². The number of nitrogens with one attached hydrogen (secondary N) is 1. The molecular weight excluding hydrogens is 289 g/mol. The third-order valence-corrected chi connectivity index (χ3v) is 2.90. The molecule has 2 rings (SSSR count). The van der Waals surface area contributed by atoms with E-state index in [0.29, 0.717) is 11.1 Å². The van der Waals surface area contributed by atoms with E-state index in [0.717, 1.165) is 24.3 Å². The van der Waals surface area contributed by atoms with Crippen LogP contribution in [0.5, 0.6) is 0 Å². The van der Waals surface area contributed by atoms with Gasteiger partial charge >= 0.3 is 6.18 Å². The molecule has 0 aliphatic heterocycles. The second-order valence-corrected chi connectivity index (χ2v) is 4.55. The van der Waals surface area contributed by atoms with Crippen molar-refractivity contribution in [2.45, 2.75) is 19.3 Å². The number of alkyl halides is 3. The van der Waals surface area contributed by atoms with Crippen molar-refractivity contribution in [2.24, 2.45) is 0 Å². The Bertz CT molecular complexity index is 622. The van der Waals surface area contributed by atoms with Crippen LogP contribution in [0.3, 0.4) is 0 Å². The molecule has 6 heteroatoms. The molecule has 1 N–H and O–H groups in total. The SMILES string of the molecule is Fc1ccc(CNCc2cccc(C(F)(F)F)c2)cc1F. The molecule has 0 radical (unpaired) electrons. The Hall–Kier alpha value is -1.95. The minimum Gasteiger partial charge on any atom is -0.309 e. The molecule has 112 valence electrons. The second-order valence-electron chi connectivity index (χ2n) is 4.55. The smallest absolute Gasteiger partial charge is 0.309 e. The molecule has 0 aliphatic carbocycles. The molecule has 2 aromatic rings. The van der Waals surface area contributed by atoms with Gasteiger partial charge in [-0.1, -0.05) is 24.3 Å². The van der Waals surface area contributed by atoms with Crippen LogP contribution in [0, 0.1) is 11.6 Å². The van der Waals surface area contributed by atoms with Gasteiger partial charge in [-0.3, -0.25) is 0 Å². The van der Waals surface area contributed by atoms with Crippen LogP contribution in [0.4, 0.5) is 22.0 Å². The Balaban J connectivity index is 1.96. The first-order chi connectivity index (χ1) is 9.86. The summed E-state index contributed by atoms with van der Waals surface area (Å²) < 4.78 is 63.3. The fourth-order valence-corrected chi connectivity index (χ4v) is 1.86. The van der Waals surface area contributed by atoms with Gasteiger partial charge in [0.25, 0.3) is 0 Å². The molecule has 0 aliphatic rings. The summed E-state index contributed by atoms with van der Waals surface area (Å²) in [6.07, 6.45) is -4.38. The van der Waals surface area contributed by atoms with E-state index in [4.69, 9.17) is 0 Å². The van der Waals surface area contributed by atoms with Crippen LogP contribution in [0.15, 0.2) is 42.5 Å². The largest absolute Gasteiger partial charge is 0.416 e. The fourth-order valence-electron chi connectivity index (χ4n) is 1.86. The zero-order chi connectivity index (χ0) is 15.5. The van der Waals surface area contributed by atoms with Crippen LogP contribution in [-0.4, -0.2) is 0 Å². The van der Waals surface area contributed by atoms with Gasteiger partial charge in [-0.15, -0.1) is 0 Å². The second kappa shape index (κ2) is 6.22. The maximum Gasteiger partial charge on any atom is 0.416 e. The summed E-state index contributed by atoms with van der Waals surface area (Å²) in [5.41, 5.74) is 0.267. The van der Waals surface area contributed by atoms with Gasteiger partial charge in [0.05, 0.1) is 5.56 Å². The van der Waals surface area contributed by atoms with E-state index in [1.165, 1.54) is 12.1 Å². The summed E-state index contributed by atoms with van der Waals surface area (Å²) in [5.74, 6) is -1.88. The van der Waals surface area contributed by atoms with Crippen LogP contribution < -0.4 is 5.32 Å². The molecule has 21 heavy (non-hydrogen) atoms. The third-order valence-electron chi connectivity index (χ3n) is 2.90. The molecule has 0 spiro atoms. The topological polar surface area (TPSA) is 12.0 Å². The summed E-state index contributed by atoms with van der Waals surface area (Å²) >= 11 is 0. The Morgan fingerprint density at radius 3 is 2.10 bits per heavy atom. The molecule has 0 aromatic heterocycles. The molecule has 0 fully saturated rings. The Morgan fingerprint density at radius 2 is 1.48 bits per heavy atom. The third kappa shape index (κ3) is 4.26. The first-order valence-corrected chi connectivity index (χ1v) is 6.17. The molecule has 0 saturated heterocycles. The number of rotatable bonds is 4. The standard InChI is InChI=1S/C15H12F5N/c16-13-5-4-11(7-14(13)17)9-21-8-10-2-1-3-12(6-10)15(18,19)20/h1-7,21H,8-9H2. The maximum absolute atomic E-state index is 13.0. The van der Waals surface area contributed by atoms with Gasteiger partial charge in [0.1, 0.15) is 0 Å². The highest BCUT2D eigenvalue weighted by molar-refractivity contribution is 5.25. The number of hydrogen-bond acceptors (Lipinski definition) is 1. The van der Waals surface area contributed by atoms with E-state index < -0.39 is 23.4 Å². The highest BCUT2D eigenvalue weighted by atomic mass is 19.4. The van der Waals surface area contributed by atoms with Crippen molar-refractivity contribution in [1.82, 2.24) is 5.32 Å². The molecular formula is C15H12F5N. The average molecular weight is 301 g/mol. The van der Waals surface area contributed by atoms with Crippen LogP contribution in [0.2, 0.25) is 0 Å². The Labute approximate surface area is 118 Å². The van der Waals surface area contributed by atoms with E-state index in [-0.39, 0.29) is 13.1 Å². The predicted molar refractivity (Wildman–Crippen MR) is 68.3 cm³/mol. The summed E-state index contributed by atoms with van der Waals surface area (Å²) in [6.45, 7) is 0.427. The summed E-state index contributed by atoms with van der Waals surface area (Å²) in [6, 6.07) is 8.42. The number of hydrogen-bond donors (Lipinski definition) is 1. The van der Waals surface area contributed by atoms with Crippen molar-refractivity contribution < 1.29 is 22.0 Å². The molecule has 0 saturated carbocycles. The van der Waals surface area contributed by atoms with Crippen molar-refractivity contribution in [2.75, 3.05) is 0 Å². The first-order valence-electron chi connectivity index (χ1n) is 6.17. The van der Waals surface area contributed by atoms with Gasteiger partial charge in [-0.25, -0.2) is 8.78 Å². The van der Waals surface area contributed by atoms with Crippen LogP contribution in [0.1, 0.15) is 16.7 Å². The van der Waals surface area contributed by atoms with Gasteiger partial charge in [0, 0.05) is 13.1 Å². The zero-order valence-electron chi connectivity index (χ0n) is 10.8. The lowest BCUT2D eigenvalue weighted by molar-refractivity contribution is -0.137. The molecule has 0 unspecified atom stereocenters. The quantitative estimate of drug-likeness (QED) is 0.831. The molecule has 0 atom stereocenters. The van der Waals surface area contributed by atoms with Crippen LogP contribution in [0.25, 0.3) is 0 Å². The van der Waals surface area contributed by atoms with E-state index in [9.17, 15) is 22.0 Å². The summed E-state index contributed by atoms with van der Waals surface area (Å²) in [7, 11) is 0. The van der Waals surface area contributed by atoms with E-state index >= 15 is 0 Å². The molecule has 0 heterocycles. The molecule has 2 aromatic carbocycles. The van der Waals surface area contributed by atoms with Crippen LogP contribution in [-0.2, 0) is 19.3 Å².